The van der Waals surface area contributed by atoms with Crippen molar-refractivity contribution in [2.75, 3.05) is 41.3 Å². The van der Waals surface area contributed by atoms with Crippen LogP contribution in [0.3, 0.4) is 0 Å². The van der Waals surface area contributed by atoms with E-state index in [0.29, 0.717) is 6.29 Å². The highest BCUT2D eigenvalue weighted by molar-refractivity contribution is 5.79. The quantitative estimate of drug-likeness (QED) is 0.521. The summed E-state index contributed by atoms with van der Waals surface area (Å²) in [5.74, 6) is -0.553. The Labute approximate surface area is 161 Å². The van der Waals surface area contributed by atoms with Gasteiger partial charge in [-0.25, -0.2) is 0 Å². The van der Waals surface area contributed by atoms with Gasteiger partial charge in [0.25, 0.3) is 0 Å². The minimum absolute atomic E-state index is 0.0252. The van der Waals surface area contributed by atoms with Crippen molar-refractivity contribution in [1.82, 2.24) is 0 Å². The third kappa shape index (κ3) is 6.71. The summed E-state index contributed by atoms with van der Waals surface area (Å²) in [6.07, 6.45) is -3.13. The first kappa shape index (κ1) is 24.3. The molecular formula is C18H25F3O7. The lowest BCUT2D eigenvalue weighted by molar-refractivity contribution is -0.141. The highest BCUT2D eigenvalue weighted by Crippen LogP contribution is 2.42. The molecule has 1 aromatic carbocycles. The maximum absolute atomic E-state index is 13.1. The van der Waals surface area contributed by atoms with Crippen molar-refractivity contribution >= 4 is 6.29 Å². The fraction of sp³-hybridized carbons (Fsp3) is 0.611. The van der Waals surface area contributed by atoms with Crippen LogP contribution in [0.15, 0.2) is 12.1 Å². The summed E-state index contributed by atoms with van der Waals surface area (Å²) in [7, 11) is 3.74. The predicted octanol–water partition coefficient (Wildman–Crippen LogP) is 2.95. The normalized spacial score (nSPS) is 16.6. The third-order valence-corrected chi connectivity index (χ3v) is 3.87. The highest BCUT2D eigenvalue weighted by Gasteiger charge is 2.37. The monoisotopic (exact) mass is 410 g/mol. The lowest BCUT2D eigenvalue weighted by Gasteiger charge is -2.22. The molecule has 2 rings (SSSR count). The number of aliphatic hydroxyl groups excluding tert-OH is 1. The van der Waals surface area contributed by atoms with Gasteiger partial charge in [-0.1, -0.05) is 6.07 Å². The molecular weight excluding hydrogens is 385 g/mol. The Morgan fingerprint density at radius 3 is 2.36 bits per heavy atom. The zero-order chi connectivity index (χ0) is 21.2. The van der Waals surface area contributed by atoms with E-state index in [1.165, 1.54) is 21.3 Å². The lowest BCUT2D eigenvalue weighted by Crippen LogP contribution is -2.16. The smallest absolute Gasteiger partial charge is 0.419 e. The molecule has 1 aliphatic rings. The molecule has 0 bridgehead atoms. The van der Waals surface area contributed by atoms with Gasteiger partial charge in [0.05, 0.1) is 23.8 Å². The first-order chi connectivity index (χ1) is 13.3. The Balaban J connectivity index is 0.000000467. The highest BCUT2D eigenvalue weighted by atomic mass is 19.4. The molecule has 0 amide bonds. The average molecular weight is 410 g/mol. The maximum Gasteiger partial charge on any atom is 0.419 e. The minimum Gasteiger partial charge on any atom is -0.466 e. The maximum atomic E-state index is 13.1. The van der Waals surface area contributed by atoms with E-state index in [-0.39, 0.29) is 23.8 Å². The van der Waals surface area contributed by atoms with Crippen LogP contribution in [0, 0.1) is 0 Å². The van der Waals surface area contributed by atoms with Gasteiger partial charge in [0.15, 0.2) is 19.4 Å². The van der Waals surface area contributed by atoms with Gasteiger partial charge in [-0.05, 0) is 18.9 Å². The number of methoxy groups -OCH3 is 3. The molecule has 160 valence electrons. The number of aliphatic hydroxyl groups is 1. The Bertz CT molecular complexity index is 598. The first-order valence-electron chi connectivity index (χ1n) is 8.43. The second-order valence-corrected chi connectivity index (χ2v) is 5.73. The van der Waals surface area contributed by atoms with E-state index < -0.39 is 30.6 Å². The molecule has 0 spiro atoms. The van der Waals surface area contributed by atoms with Crippen LogP contribution >= 0.6 is 0 Å². The minimum atomic E-state index is -4.66. The standard InChI is InChI=1S/C13H15F3O5.C5H10O2/c1-18-7-21-11-9(13(14,15)16)5-4-8(6-17)10(11)12(19-2)20-3;6-4-5-2-1-3-7-5/h4-6,12H,7H2,1-3H3;5-6H,1-4H2. The molecule has 28 heavy (non-hydrogen) atoms. The number of halogens is 3. The summed E-state index contributed by atoms with van der Waals surface area (Å²) in [5, 5.41) is 8.44. The summed E-state index contributed by atoms with van der Waals surface area (Å²) in [6.45, 7) is 0.615. The molecule has 0 aromatic heterocycles. The number of carbonyl (C=O) groups is 1. The second kappa shape index (κ2) is 12.0. The molecule has 10 heteroatoms. The van der Waals surface area contributed by atoms with Crippen LogP contribution in [-0.4, -0.2) is 58.8 Å². The van der Waals surface area contributed by atoms with Gasteiger partial charge in [0, 0.05) is 33.5 Å². The fourth-order valence-corrected chi connectivity index (χ4v) is 2.58. The number of benzene rings is 1. The van der Waals surface area contributed by atoms with Crippen LogP contribution in [0.4, 0.5) is 13.2 Å². The zero-order valence-corrected chi connectivity index (χ0v) is 16.0. The Hall–Kier alpha value is -1.72. The van der Waals surface area contributed by atoms with Gasteiger partial charge >= 0.3 is 6.18 Å². The SMILES string of the molecule is COCOc1c(C(F)(F)F)ccc(C=O)c1C(OC)OC.OCC1CCCO1. The van der Waals surface area contributed by atoms with Crippen molar-refractivity contribution < 1.29 is 46.8 Å². The van der Waals surface area contributed by atoms with Gasteiger partial charge in [0.2, 0.25) is 0 Å². The summed E-state index contributed by atoms with van der Waals surface area (Å²) >= 11 is 0. The largest absolute Gasteiger partial charge is 0.466 e. The molecule has 1 aliphatic heterocycles. The van der Waals surface area contributed by atoms with Crippen LogP contribution in [0.25, 0.3) is 0 Å². The Morgan fingerprint density at radius 1 is 1.29 bits per heavy atom. The molecule has 7 nitrogen and oxygen atoms in total. The van der Waals surface area contributed by atoms with Crippen LogP contribution in [0.2, 0.25) is 0 Å². The van der Waals surface area contributed by atoms with E-state index in [4.69, 9.17) is 24.1 Å². The molecule has 1 aromatic rings. The van der Waals surface area contributed by atoms with Crippen LogP contribution in [0.1, 0.15) is 40.6 Å². The van der Waals surface area contributed by atoms with E-state index in [0.717, 1.165) is 31.6 Å². The summed E-state index contributed by atoms with van der Waals surface area (Å²) < 4.78 is 63.8. The number of aldehydes is 1. The van der Waals surface area contributed by atoms with Crippen molar-refractivity contribution in [3.8, 4) is 5.75 Å². The predicted molar refractivity (Wildman–Crippen MR) is 92.2 cm³/mol. The number of alkyl halides is 3. The molecule has 1 N–H and O–H groups in total. The topological polar surface area (TPSA) is 83.5 Å². The molecule has 1 unspecified atom stereocenters. The number of hydrogen-bond acceptors (Lipinski definition) is 7. The number of rotatable bonds is 8. The van der Waals surface area contributed by atoms with Crippen molar-refractivity contribution in [3.05, 3.63) is 28.8 Å². The first-order valence-corrected chi connectivity index (χ1v) is 8.43. The van der Waals surface area contributed by atoms with Crippen LogP contribution in [0.5, 0.6) is 5.75 Å². The van der Waals surface area contributed by atoms with Crippen LogP contribution in [-0.2, 0) is 25.1 Å². The molecule has 0 saturated carbocycles. The van der Waals surface area contributed by atoms with Gasteiger partial charge in [-0.15, -0.1) is 0 Å². The molecule has 0 aliphatic carbocycles. The number of carbonyl (C=O) groups excluding carboxylic acids is 1. The van der Waals surface area contributed by atoms with Gasteiger partial charge in [0.1, 0.15) is 5.75 Å². The van der Waals surface area contributed by atoms with Gasteiger partial charge in [-0.3, -0.25) is 4.79 Å². The van der Waals surface area contributed by atoms with E-state index in [1.54, 1.807) is 0 Å². The lowest BCUT2D eigenvalue weighted by atomic mass is 10.0. The second-order valence-electron chi connectivity index (χ2n) is 5.73. The van der Waals surface area contributed by atoms with Crippen molar-refractivity contribution in [2.45, 2.75) is 31.4 Å². The van der Waals surface area contributed by atoms with E-state index in [1.807, 2.05) is 0 Å². The zero-order valence-electron chi connectivity index (χ0n) is 16.0. The number of hydrogen-bond donors (Lipinski definition) is 1. The summed E-state index contributed by atoms with van der Waals surface area (Å²) in [6, 6.07) is 1.80. The Morgan fingerprint density at radius 2 is 1.96 bits per heavy atom. The molecule has 1 fully saturated rings. The molecule has 1 heterocycles. The van der Waals surface area contributed by atoms with E-state index in [2.05, 4.69) is 4.74 Å². The molecule has 1 saturated heterocycles. The van der Waals surface area contributed by atoms with Crippen LogP contribution < -0.4 is 4.74 Å². The Kier molecular flexibility index (Phi) is 10.4. The van der Waals surface area contributed by atoms with E-state index in [9.17, 15) is 18.0 Å². The fourth-order valence-electron chi connectivity index (χ4n) is 2.58. The van der Waals surface area contributed by atoms with Crippen molar-refractivity contribution in [2.24, 2.45) is 0 Å². The summed E-state index contributed by atoms with van der Waals surface area (Å²) in [5.41, 5.74) is -1.20. The molecule has 0 radical (unpaired) electrons. The van der Waals surface area contributed by atoms with E-state index >= 15 is 0 Å². The molecule has 1 atom stereocenters. The van der Waals surface area contributed by atoms with Crippen molar-refractivity contribution in [3.63, 3.8) is 0 Å². The summed E-state index contributed by atoms with van der Waals surface area (Å²) in [4.78, 5) is 11.1. The van der Waals surface area contributed by atoms with Crippen molar-refractivity contribution in [1.29, 1.82) is 0 Å². The van der Waals surface area contributed by atoms with Gasteiger partial charge < -0.3 is 28.8 Å². The average Bonchev–Trinajstić information content (AvgIpc) is 3.21. The number of ether oxygens (including phenoxy) is 5. The third-order valence-electron chi connectivity index (χ3n) is 3.87. The van der Waals surface area contributed by atoms with Gasteiger partial charge in [-0.2, -0.15) is 13.2 Å².